The number of carbonyl (C=O) groups is 4. The first-order valence-electron chi connectivity index (χ1n) is 7.30. The lowest BCUT2D eigenvalue weighted by molar-refractivity contribution is -0.143. The molecule has 0 aliphatic carbocycles. The second kappa shape index (κ2) is 9.24. The monoisotopic (exact) mass is 382 g/mol. The Balaban J connectivity index is 1.65. The quantitative estimate of drug-likeness (QED) is 0.570. The maximum atomic E-state index is 11.6. The predicted octanol–water partition coefficient (Wildman–Crippen LogP) is 1.71. The van der Waals surface area contributed by atoms with Gasteiger partial charge in [-0.05, 0) is 23.8 Å². The number of nitrogens with one attached hydrogen (secondary N) is 1. The number of rotatable bonds is 7. The molecule has 132 valence electrons. The molecule has 0 spiro atoms. The largest absolute Gasteiger partial charge is 0.452 e. The number of halogens is 1. The number of esters is 1. The Morgan fingerprint density at radius 2 is 2.00 bits per heavy atom. The molecule has 0 radical (unpaired) electrons. The van der Waals surface area contributed by atoms with Gasteiger partial charge < -0.3 is 10.1 Å². The molecular formula is C16H15ClN2O5S. The maximum Gasteiger partial charge on any atom is 0.331 e. The summed E-state index contributed by atoms with van der Waals surface area (Å²) in [5.41, 5.74) is 0.767. The van der Waals surface area contributed by atoms with Crippen LogP contribution in [0.4, 0.5) is 4.79 Å². The van der Waals surface area contributed by atoms with Crippen molar-refractivity contribution in [3.8, 4) is 0 Å². The molecular weight excluding hydrogens is 368 g/mol. The molecule has 1 N–H and O–H groups in total. The van der Waals surface area contributed by atoms with Crippen LogP contribution in [-0.4, -0.2) is 53.4 Å². The summed E-state index contributed by atoms with van der Waals surface area (Å²) in [5.74, 6) is -1.32. The molecule has 25 heavy (non-hydrogen) atoms. The normalized spacial score (nSPS) is 14.2. The van der Waals surface area contributed by atoms with Gasteiger partial charge >= 0.3 is 5.97 Å². The Kier molecular flexibility index (Phi) is 7.03. The van der Waals surface area contributed by atoms with E-state index in [0.717, 1.165) is 22.2 Å². The van der Waals surface area contributed by atoms with Crippen LogP contribution in [0, 0.1) is 0 Å². The van der Waals surface area contributed by atoms with Gasteiger partial charge in [0, 0.05) is 24.2 Å². The average Bonchev–Trinajstić information content (AvgIpc) is 2.91. The van der Waals surface area contributed by atoms with Crippen LogP contribution in [0.5, 0.6) is 0 Å². The lowest BCUT2D eigenvalue weighted by Crippen LogP contribution is -2.38. The fourth-order valence-electron chi connectivity index (χ4n) is 1.88. The second-order valence-electron chi connectivity index (χ2n) is 4.94. The number of carbonyl (C=O) groups excluding carboxylic acids is 4. The third kappa shape index (κ3) is 6.24. The van der Waals surface area contributed by atoms with Crippen LogP contribution >= 0.6 is 23.4 Å². The van der Waals surface area contributed by atoms with E-state index in [1.165, 1.54) is 6.08 Å². The average molecular weight is 383 g/mol. The molecule has 9 heteroatoms. The zero-order valence-corrected chi connectivity index (χ0v) is 14.6. The number of ether oxygens (including phenoxy) is 1. The number of imide groups is 1. The minimum Gasteiger partial charge on any atom is -0.452 e. The maximum absolute atomic E-state index is 11.6. The summed E-state index contributed by atoms with van der Waals surface area (Å²) in [6, 6.07) is 6.85. The van der Waals surface area contributed by atoms with E-state index in [2.05, 4.69) is 5.32 Å². The van der Waals surface area contributed by atoms with Crippen LogP contribution in [-0.2, 0) is 19.1 Å². The molecule has 0 unspecified atom stereocenters. The summed E-state index contributed by atoms with van der Waals surface area (Å²) in [4.78, 5) is 46.9. The van der Waals surface area contributed by atoms with Gasteiger partial charge in [0.2, 0.25) is 5.91 Å². The molecule has 1 aromatic rings. The predicted molar refractivity (Wildman–Crippen MR) is 94.0 cm³/mol. The number of benzene rings is 1. The molecule has 1 heterocycles. The molecule has 0 aromatic heterocycles. The van der Waals surface area contributed by atoms with Crippen LogP contribution in [0.2, 0.25) is 5.02 Å². The standard InChI is InChI=1S/C16H15ClN2O5S/c17-12-4-1-11(2-5-12)3-6-15(22)24-9-13(20)18-7-8-19-14(21)10-25-16(19)23/h1-6H,7-10H2,(H,18,20). The van der Waals surface area contributed by atoms with Gasteiger partial charge in [-0.2, -0.15) is 0 Å². The first-order chi connectivity index (χ1) is 12.0. The summed E-state index contributed by atoms with van der Waals surface area (Å²) in [6.07, 6.45) is 2.74. The molecule has 1 aromatic carbocycles. The van der Waals surface area contributed by atoms with E-state index in [1.54, 1.807) is 30.3 Å². The Hall–Kier alpha value is -2.32. The van der Waals surface area contributed by atoms with Crippen molar-refractivity contribution in [2.24, 2.45) is 0 Å². The summed E-state index contributed by atoms with van der Waals surface area (Å²) >= 11 is 6.69. The molecule has 1 aliphatic rings. The fourth-order valence-corrected chi connectivity index (χ4v) is 2.76. The molecule has 1 saturated heterocycles. The van der Waals surface area contributed by atoms with Crippen molar-refractivity contribution in [1.82, 2.24) is 10.2 Å². The molecule has 0 atom stereocenters. The van der Waals surface area contributed by atoms with Crippen LogP contribution in [0.3, 0.4) is 0 Å². The van der Waals surface area contributed by atoms with Gasteiger partial charge in [0.1, 0.15) is 0 Å². The Bertz CT molecular complexity index is 689. The van der Waals surface area contributed by atoms with Gasteiger partial charge in [-0.15, -0.1) is 0 Å². The fraction of sp³-hybridized carbons (Fsp3) is 0.250. The van der Waals surface area contributed by atoms with E-state index < -0.39 is 18.5 Å². The van der Waals surface area contributed by atoms with Crippen molar-refractivity contribution in [1.29, 1.82) is 0 Å². The lowest BCUT2D eigenvalue weighted by atomic mass is 10.2. The molecule has 7 nitrogen and oxygen atoms in total. The van der Waals surface area contributed by atoms with Crippen LogP contribution in [0.1, 0.15) is 5.56 Å². The van der Waals surface area contributed by atoms with Gasteiger partial charge in [-0.25, -0.2) is 4.79 Å². The van der Waals surface area contributed by atoms with Crippen LogP contribution in [0.15, 0.2) is 30.3 Å². The van der Waals surface area contributed by atoms with E-state index in [0.29, 0.717) is 5.02 Å². The zero-order valence-electron chi connectivity index (χ0n) is 13.1. The number of thioether (sulfide) groups is 1. The van der Waals surface area contributed by atoms with Gasteiger partial charge in [-0.1, -0.05) is 35.5 Å². The van der Waals surface area contributed by atoms with Crippen molar-refractivity contribution in [3.63, 3.8) is 0 Å². The highest BCUT2D eigenvalue weighted by Gasteiger charge is 2.29. The summed E-state index contributed by atoms with van der Waals surface area (Å²) < 4.78 is 4.80. The highest BCUT2D eigenvalue weighted by atomic mass is 35.5. The molecule has 3 amide bonds. The minimum atomic E-state index is -0.661. The summed E-state index contributed by atoms with van der Waals surface area (Å²) in [6.45, 7) is -0.240. The topological polar surface area (TPSA) is 92.8 Å². The molecule has 0 saturated carbocycles. The van der Waals surface area contributed by atoms with E-state index in [1.807, 2.05) is 0 Å². The number of hydrogen-bond acceptors (Lipinski definition) is 6. The Morgan fingerprint density at radius 1 is 1.28 bits per heavy atom. The van der Waals surface area contributed by atoms with E-state index >= 15 is 0 Å². The van der Waals surface area contributed by atoms with Gasteiger partial charge in [-0.3, -0.25) is 19.3 Å². The van der Waals surface area contributed by atoms with Crippen molar-refractivity contribution in [2.75, 3.05) is 25.4 Å². The third-order valence-electron chi connectivity index (χ3n) is 3.13. The molecule has 1 aliphatic heterocycles. The summed E-state index contributed by atoms with van der Waals surface area (Å²) in [7, 11) is 0. The molecule has 1 fully saturated rings. The lowest BCUT2D eigenvalue weighted by Gasteiger charge is -2.12. The van der Waals surface area contributed by atoms with Gasteiger partial charge in [0.25, 0.3) is 11.1 Å². The molecule has 2 rings (SSSR count). The first kappa shape index (κ1) is 19.0. The number of nitrogens with zero attached hydrogens (tertiary/aromatic N) is 1. The first-order valence-corrected chi connectivity index (χ1v) is 8.66. The highest BCUT2D eigenvalue weighted by Crippen LogP contribution is 2.17. The zero-order chi connectivity index (χ0) is 18.2. The van der Waals surface area contributed by atoms with Gasteiger partial charge in [0.15, 0.2) is 6.61 Å². The third-order valence-corrected chi connectivity index (χ3v) is 4.24. The van der Waals surface area contributed by atoms with Crippen molar-refractivity contribution in [3.05, 3.63) is 40.9 Å². The summed E-state index contributed by atoms with van der Waals surface area (Å²) in [5, 5.41) is 2.74. The van der Waals surface area contributed by atoms with E-state index in [-0.39, 0.29) is 30.0 Å². The minimum absolute atomic E-state index is 0.0980. The van der Waals surface area contributed by atoms with Crippen LogP contribution in [0.25, 0.3) is 6.08 Å². The number of amides is 3. The van der Waals surface area contributed by atoms with E-state index in [9.17, 15) is 19.2 Å². The molecule has 0 bridgehead atoms. The van der Waals surface area contributed by atoms with Crippen molar-refractivity contribution < 1.29 is 23.9 Å². The van der Waals surface area contributed by atoms with Crippen molar-refractivity contribution >= 4 is 52.5 Å². The Morgan fingerprint density at radius 3 is 2.64 bits per heavy atom. The SMILES string of the molecule is O=C(COC(=O)C=Cc1ccc(Cl)cc1)NCCN1C(=O)CSC1=O. The van der Waals surface area contributed by atoms with Gasteiger partial charge in [0.05, 0.1) is 5.75 Å². The Labute approximate surface area is 153 Å². The smallest absolute Gasteiger partial charge is 0.331 e. The second-order valence-corrected chi connectivity index (χ2v) is 6.31. The van der Waals surface area contributed by atoms with Crippen LogP contribution < -0.4 is 5.32 Å². The highest BCUT2D eigenvalue weighted by molar-refractivity contribution is 8.14. The van der Waals surface area contributed by atoms with Crippen molar-refractivity contribution in [2.45, 2.75) is 0 Å². The number of hydrogen-bond donors (Lipinski definition) is 1. The van der Waals surface area contributed by atoms with E-state index in [4.69, 9.17) is 16.3 Å².